The molecule has 0 unspecified atom stereocenters. The highest BCUT2D eigenvalue weighted by Crippen LogP contribution is 2.41. The van der Waals surface area contributed by atoms with Crippen molar-refractivity contribution in [2.45, 2.75) is 13.1 Å². The first-order valence-corrected chi connectivity index (χ1v) is 7.87. The normalized spacial score (nSPS) is 11.9. The van der Waals surface area contributed by atoms with E-state index in [1.165, 1.54) is 11.4 Å². The van der Waals surface area contributed by atoms with Gasteiger partial charge in [0.1, 0.15) is 10.6 Å². The third kappa shape index (κ3) is 3.88. The van der Waals surface area contributed by atoms with Gasteiger partial charge in [0.2, 0.25) is 0 Å². The molecule has 2 aromatic rings. The van der Waals surface area contributed by atoms with Crippen molar-refractivity contribution < 1.29 is 27.8 Å². The lowest BCUT2D eigenvalue weighted by molar-refractivity contribution is -0.137. The molecule has 0 bridgehead atoms. The van der Waals surface area contributed by atoms with E-state index in [0.29, 0.717) is 6.61 Å². The van der Waals surface area contributed by atoms with Crippen LogP contribution in [0.3, 0.4) is 0 Å². The van der Waals surface area contributed by atoms with Crippen molar-refractivity contribution in [3.8, 4) is 11.1 Å². The fraction of sp³-hybridized carbons (Fsp3) is 0.200. The van der Waals surface area contributed by atoms with Gasteiger partial charge in [-0.2, -0.15) is 13.2 Å². The number of benzene rings is 1. The number of thiophene rings is 1. The number of carboxylic acids is 1. The molecular weight excluding hydrogens is 367 g/mol. The van der Waals surface area contributed by atoms with E-state index in [2.05, 4.69) is 4.99 Å². The molecule has 4 nitrogen and oxygen atoms in total. The minimum absolute atomic E-state index is 0.0956. The van der Waals surface area contributed by atoms with Crippen molar-refractivity contribution in [2.75, 3.05) is 6.61 Å². The van der Waals surface area contributed by atoms with Gasteiger partial charge in [-0.15, -0.1) is 11.3 Å². The molecule has 1 aromatic carbocycles. The second kappa shape index (κ2) is 7.23. The summed E-state index contributed by atoms with van der Waals surface area (Å²) in [5, 5.41) is 10.5. The number of hydrogen-bond donors (Lipinski definition) is 1. The third-order valence-corrected chi connectivity index (χ3v) is 4.20. The lowest BCUT2D eigenvalue weighted by Gasteiger charge is -2.11. The van der Waals surface area contributed by atoms with E-state index < -0.39 is 22.7 Å². The van der Waals surface area contributed by atoms with Crippen LogP contribution in [0.15, 0.2) is 28.6 Å². The number of alkyl halides is 3. The average molecular weight is 378 g/mol. The summed E-state index contributed by atoms with van der Waals surface area (Å²) >= 11 is 6.58. The summed E-state index contributed by atoms with van der Waals surface area (Å²) in [7, 11) is 0. The van der Waals surface area contributed by atoms with Crippen LogP contribution in [0.1, 0.15) is 22.8 Å². The second-order valence-electron chi connectivity index (χ2n) is 4.52. The molecule has 2 rings (SSSR count). The summed E-state index contributed by atoms with van der Waals surface area (Å²) in [6.07, 6.45) is -3.53. The third-order valence-electron chi connectivity index (χ3n) is 2.98. The molecule has 0 radical (unpaired) electrons. The molecule has 24 heavy (non-hydrogen) atoms. The Bertz CT molecular complexity index is 787. The van der Waals surface area contributed by atoms with Gasteiger partial charge in [-0.1, -0.05) is 17.7 Å². The Labute approximate surface area is 144 Å². The van der Waals surface area contributed by atoms with Gasteiger partial charge in [0, 0.05) is 10.9 Å². The molecule has 0 aliphatic carbocycles. The number of rotatable bonds is 5. The first-order valence-electron chi connectivity index (χ1n) is 6.61. The highest BCUT2D eigenvalue weighted by molar-refractivity contribution is 7.14. The highest BCUT2D eigenvalue weighted by atomic mass is 35.5. The minimum Gasteiger partial charge on any atom is -0.483 e. The molecule has 0 spiro atoms. The topological polar surface area (TPSA) is 58.9 Å². The van der Waals surface area contributed by atoms with E-state index >= 15 is 0 Å². The molecular formula is C15H11ClF3NO3S. The molecule has 1 aromatic heterocycles. The summed E-state index contributed by atoms with van der Waals surface area (Å²) < 4.78 is 43.9. The number of halogens is 4. The summed E-state index contributed by atoms with van der Waals surface area (Å²) in [6, 6.07) is 3.25. The van der Waals surface area contributed by atoms with Crippen LogP contribution >= 0.6 is 22.9 Å². The molecule has 0 saturated heterocycles. The van der Waals surface area contributed by atoms with Gasteiger partial charge >= 0.3 is 12.1 Å². The predicted molar refractivity (Wildman–Crippen MR) is 86.5 cm³/mol. The monoisotopic (exact) mass is 377 g/mol. The molecule has 0 saturated carbocycles. The summed E-state index contributed by atoms with van der Waals surface area (Å²) in [5.74, 6) is -1.29. The summed E-state index contributed by atoms with van der Waals surface area (Å²) in [6.45, 7) is 2.09. The zero-order valence-corrected chi connectivity index (χ0v) is 13.8. The van der Waals surface area contributed by atoms with Crippen LogP contribution in [0.4, 0.5) is 18.2 Å². The van der Waals surface area contributed by atoms with Crippen LogP contribution in [-0.4, -0.2) is 24.1 Å². The van der Waals surface area contributed by atoms with E-state index in [0.717, 1.165) is 29.9 Å². The van der Waals surface area contributed by atoms with E-state index in [1.54, 1.807) is 6.92 Å². The van der Waals surface area contributed by atoms with E-state index in [4.69, 9.17) is 16.3 Å². The van der Waals surface area contributed by atoms with Crippen molar-refractivity contribution in [2.24, 2.45) is 4.99 Å². The number of aromatic carboxylic acids is 1. The van der Waals surface area contributed by atoms with Gasteiger partial charge in [-0.25, -0.2) is 9.79 Å². The lowest BCUT2D eigenvalue weighted by Crippen LogP contribution is -2.06. The molecule has 1 heterocycles. The number of nitrogens with zero attached hydrogens (tertiary/aromatic N) is 1. The SMILES string of the molecule is CCOC=Nc1scc(-c2ccc(Cl)c(C(F)(F)F)c2)c1C(=O)O. The van der Waals surface area contributed by atoms with E-state index in [1.807, 2.05) is 0 Å². The Morgan fingerprint density at radius 2 is 2.17 bits per heavy atom. The van der Waals surface area contributed by atoms with Crippen molar-refractivity contribution in [1.29, 1.82) is 0 Å². The first-order chi connectivity index (χ1) is 11.3. The number of aliphatic imine (C=N–C) groups is 1. The van der Waals surface area contributed by atoms with Crippen molar-refractivity contribution >= 4 is 40.3 Å². The van der Waals surface area contributed by atoms with Crippen molar-refractivity contribution in [1.82, 2.24) is 0 Å². The van der Waals surface area contributed by atoms with E-state index in [-0.39, 0.29) is 21.7 Å². The molecule has 0 atom stereocenters. The summed E-state index contributed by atoms with van der Waals surface area (Å²) in [4.78, 5) is 15.4. The van der Waals surface area contributed by atoms with Gasteiger partial charge in [0.25, 0.3) is 0 Å². The Kier molecular flexibility index (Phi) is 5.51. The molecule has 9 heteroatoms. The molecule has 1 N–H and O–H groups in total. The average Bonchev–Trinajstić information content (AvgIpc) is 2.91. The maximum absolute atomic E-state index is 13.0. The van der Waals surface area contributed by atoms with Crippen molar-refractivity contribution in [3.63, 3.8) is 0 Å². The second-order valence-corrected chi connectivity index (χ2v) is 5.78. The summed E-state index contributed by atoms with van der Waals surface area (Å²) in [5.41, 5.74) is -0.980. The molecule has 0 amide bonds. The maximum atomic E-state index is 13.0. The minimum atomic E-state index is -4.64. The zero-order chi connectivity index (χ0) is 17.9. The van der Waals surface area contributed by atoms with Crippen molar-refractivity contribution in [3.05, 3.63) is 39.7 Å². The van der Waals surface area contributed by atoms with Gasteiger partial charge < -0.3 is 9.84 Å². The molecule has 0 fully saturated rings. The van der Waals surface area contributed by atoms with Gasteiger partial charge in [-0.05, 0) is 24.6 Å². The predicted octanol–water partition coefficient (Wildman–Crippen LogP) is 5.48. The van der Waals surface area contributed by atoms with Crippen LogP contribution in [0.5, 0.6) is 0 Å². The molecule has 0 aliphatic heterocycles. The fourth-order valence-electron chi connectivity index (χ4n) is 1.93. The first kappa shape index (κ1) is 18.3. The number of hydrogen-bond acceptors (Lipinski definition) is 4. The largest absolute Gasteiger partial charge is 0.483 e. The van der Waals surface area contributed by atoms with Crippen LogP contribution in [0.2, 0.25) is 5.02 Å². The number of carboxylic acid groups (broad SMARTS) is 1. The maximum Gasteiger partial charge on any atom is 0.417 e. The highest BCUT2D eigenvalue weighted by Gasteiger charge is 2.34. The van der Waals surface area contributed by atoms with Gasteiger partial charge in [0.05, 0.1) is 17.2 Å². The van der Waals surface area contributed by atoms with Crippen LogP contribution in [0, 0.1) is 0 Å². The van der Waals surface area contributed by atoms with Crippen LogP contribution < -0.4 is 0 Å². The van der Waals surface area contributed by atoms with E-state index in [9.17, 15) is 23.1 Å². The molecule has 0 aliphatic rings. The standard InChI is InChI=1S/C15H11ClF3NO3S/c1-2-23-7-20-13-12(14(21)22)9(6-24-13)8-3-4-11(16)10(5-8)15(17,18)19/h3-7H,2H2,1H3,(H,21,22). The number of ether oxygens (including phenoxy) is 1. The Balaban J connectivity index is 2.55. The Morgan fingerprint density at radius 1 is 1.46 bits per heavy atom. The zero-order valence-electron chi connectivity index (χ0n) is 12.2. The Morgan fingerprint density at radius 3 is 2.75 bits per heavy atom. The quantitative estimate of drug-likeness (QED) is 0.554. The smallest absolute Gasteiger partial charge is 0.417 e. The molecule has 128 valence electrons. The van der Waals surface area contributed by atoms with Crippen LogP contribution in [0.25, 0.3) is 11.1 Å². The fourth-order valence-corrected chi connectivity index (χ4v) is 3.06. The Hall–Kier alpha value is -2.06. The van der Waals surface area contributed by atoms with Gasteiger partial charge in [0.15, 0.2) is 6.40 Å². The van der Waals surface area contributed by atoms with Gasteiger partial charge in [-0.3, -0.25) is 0 Å². The van der Waals surface area contributed by atoms with Crippen LogP contribution in [-0.2, 0) is 10.9 Å². The number of carbonyl (C=O) groups is 1. The lowest BCUT2D eigenvalue weighted by atomic mass is 10.0.